The predicted molar refractivity (Wildman–Crippen MR) is 45.5 cm³/mol. The third kappa shape index (κ3) is 3.18. The van der Waals surface area contributed by atoms with Crippen LogP contribution in [0.2, 0.25) is 0 Å². The molecule has 1 aliphatic heterocycles. The highest BCUT2D eigenvalue weighted by Gasteiger charge is 2.18. The quantitative estimate of drug-likeness (QED) is 0.581. The Hall–Kier alpha value is -0.120. The van der Waals surface area contributed by atoms with E-state index in [1.807, 2.05) is 0 Å². The van der Waals surface area contributed by atoms with Gasteiger partial charge in [-0.25, -0.2) is 0 Å². The van der Waals surface area contributed by atoms with E-state index in [4.69, 9.17) is 10.5 Å². The van der Waals surface area contributed by atoms with Crippen molar-refractivity contribution in [3.05, 3.63) is 0 Å². The molecule has 0 amide bonds. The molecule has 1 fully saturated rings. The van der Waals surface area contributed by atoms with Gasteiger partial charge in [0.2, 0.25) is 0 Å². The second-order valence-corrected chi connectivity index (χ2v) is 3.28. The van der Waals surface area contributed by atoms with Crippen molar-refractivity contribution in [3.63, 3.8) is 0 Å². The summed E-state index contributed by atoms with van der Waals surface area (Å²) in [5.74, 6) is 0.742. The molecule has 11 heavy (non-hydrogen) atoms. The molecule has 0 unspecified atom stereocenters. The summed E-state index contributed by atoms with van der Waals surface area (Å²) in [6.07, 6.45) is 1.28. The predicted octanol–water partition coefficient (Wildman–Crippen LogP) is -0.0866. The van der Waals surface area contributed by atoms with Gasteiger partial charge in [0.1, 0.15) is 0 Å². The van der Waals surface area contributed by atoms with Crippen LogP contribution in [0.4, 0.5) is 0 Å². The monoisotopic (exact) mass is 158 g/mol. The van der Waals surface area contributed by atoms with Crippen molar-refractivity contribution in [1.29, 1.82) is 0 Å². The Labute approximate surface area is 68.5 Å². The van der Waals surface area contributed by atoms with Crippen LogP contribution in [-0.4, -0.2) is 44.8 Å². The molecule has 0 aromatic rings. The molecule has 0 saturated carbocycles. The maximum Gasteiger partial charge on any atom is 0.0588 e. The van der Waals surface area contributed by atoms with E-state index in [9.17, 15) is 0 Å². The zero-order valence-corrected chi connectivity index (χ0v) is 7.25. The Morgan fingerprint density at radius 2 is 2.45 bits per heavy atom. The molecule has 0 aromatic heterocycles. The highest BCUT2D eigenvalue weighted by Crippen LogP contribution is 2.13. The number of ether oxygens (including phenoxy) is 1. The minimum Gasteiger partial charge on any atom is -0.380 e. The van der Waals surface area contributed by atoms with Crippen molar-refractivity contribution in [2.45, 2.75) is 6.42 Å². The van der Waals surface area contributed by atoms with Gasteiger partial charge in [-0.3, -0.25) is 0 Å². The van der Waals surface area contributed by atoms with Gasteiger partial charge >= 0.3 is 0 Å². The van der Waals surface area contributed by atoms with Crippen LogP contribution in [-0.2, 0) is 4.74 Å². The number of nitrogens with zero attached hydrogens (tertiary/aromatic N) is 1. The smallest absolute Gasteiger partial charge is 0.0588 e. The van der Waals surface area contributed by atoms with Crippen LogP contribution in [0.25, 0.3) is 0 Å². The Bertz CT molecular complexity index is 108. The first-order valence-electron chi connectivity index (χ1n) is 4.29. The molecule has 0 aromatic carbocycles. The van der Waals surface area contributed by atoms with E-state index in [2.05, 4.69) is 11.9 Å². The zero-order chi connectivity index (χ0) is 8.10. The lowest BCUT2D eigenvalue weighted by Crippen LogP contribution is -2.18. The van der Waals surface area contributed by atoms with Gasteiger partial charge in [-0.1, -0.05) is 0 Å². The molecule has 1 heterocycles. The highest BCUT2D eigenvalue weighted by atomic mass is 16.5. The number of nitrogens with two attached hydrogens (primary N) is 1. The van der Waals surface area contributed by atoms with E-state index in [1.54, 1.807) is 0 Å². The Kier molecular flexibility index (Phi) is 3.83. The van der Waals surface area contributed by atoms with Crippen molar-refractivity contribution in [2.75, 3.05) is 39.9 Å². The number of rotatable bonds is 4. The molecular formula is C8H18N2O. The number of likely N-dealkylation sites (tertiary alicyclic amines) is 1. The van der Waals surface area contributed by atoms with E-state index in [0.717, 1.165) is 12.5 Å². The minimum absolute atomic E-state index is 0.641. The fourth-order valence-corrected chi connectivity index (χ4v) is 1.50. The standard InChI is InChI=1S/C8H18N2O/c1-10-4-2-8(6-10)7-11-5-3-9/h8H,2-7,9H2,1H3/t8-/m0/s1. The van der Waals surface area contributed by atoms with Gasteiger partial charge in [0.15, 0.2) is 0 Å². The van der Waals surface area contributed by atoms with Crippen LogP contribution >= 0.6 is 0 Å². The van der Waals surface area contributed by atoms with Crippen molar-refractivity contribution in [2.24, 2.45) is 11.7 Å². The summed E-state index contributed by atoms with van der Waals surface area (Å²) < 4.78 is 5.36. The van der Waals surface area contributed by atoms with Gasteiger partial charge in [0.05, 0.1) is 13.2 Å². The van der Waals surface area contributed by atoms with Gasteiger partial charge < -0.3 is 15.4 Å². The summed E-state index contributed by atoms with van der Waals surface area (Å²) >= 11 is 0. The molecular weight excluding hydrogens is 140 g/mol. The van der Waals surface area contributed by atoms with Gasteiger partial charge in [-0.15, -0.1) is 0 Å². The molecule has 3 nitrogen and oxygen atoms in total. The molecule has 1 aliphatic rings. The van der Waals surface area contributed by atoms with Gasteiger partial charge in [0, 0.05) is 13.1 Å². The average Bonchev–Trinajstić information content (AvgIpc) is 2.37. The summed E-state index contributed by atoms with van der Waals surface area (Å²) in [5.41, 5.74) is 5.31. The lowest BCUT2D eigenvalue weighted by atomic mass is 10.1. The van der Waals surface area contributed by atoms with Crippen LogP contribution in [0.5, 0.6) is 0 Å². The number of hydrogen-bond acceptors (Lipinski definition) is 3. The summed E-state index contributed by atoms with van der Waals surface area (Å²) in [5, 5.41) is 0. The van der Waals surface area contributed by atoms with Crippen molar-refractivity contribution in [3.8, 4) is 0 Å². The van der Waals surface area contributed by atoms with Crippen molar-refractivity contribution >= 4 is 0 Å². The van der Waals surface area contributed by atoms with Crippen LogP contribution < -0.4 is 5.73 Å². The van der Waals surface area contributed by atoms with Gasteiger partial charge in [0.25, 0.3) is 0 Å². The SMILES string of the molecule is CN1CC[C@H](COCCN)C1. The third-order valence-electron chi connectivity index (χ3n) is 2.10. The van der Waals surface area contributed by atoms with E-state index in [1.165, 1.54) is 19.5 Å². The largest absolute Gasteiger partial charge is 0.380 e. The lowest BCUT2D eigenvalue weighted by Gasteiger charge is -2.09. The summed E-state index contributed by atoms with van der Waals surface area (Å²) in [6.45, 7) is 4.64. The molecule has 1 atom stereocenters. The van der Waals surface area contributed by atoms with E-state index >= 15 is 0 Å². The minimum atomic E-state index is 0.641. The van der Waals surface area contributed by atoms with Gasteiger partial charge in [-0.2, -0.15) is 0 Å². The van der Waals surface area contributed by atoms with Crippen LogP contribution in [0, 0.1) is 5.92 Å². The molecule has 66 valence electrons. The molecule has 2 N–H and O–H groups in total. The Morgan fingerprint density at radius 3 is 3.00 bits per heavy atom. The molecule has 0 bridgehead atoms. The number of hydrogen-bond donors (Lipinski definition) is 1. The summed E-state index contributed by atoms with van der Waals surface area (Å²) in [4.78, 5) is 2.34. The maximum absolute atomic E-state index is 5.36. The maximum atomic E-state index is 5.36. The average molecular weight is 158 g/mol. The Balaban J connectivity index is 1.99. The molecule has 0 aliphatic carbocycles. The Morgan fingerprint density at radius 1 is 1.64 bits per heavy atom. The second kappa shape index (κ2) is 4.70. The van der Waals surface area contributed by atoms with Crippen molar-refractivity contribution in [1.82, 2.24) is 4.90 Å². The molecule has 0 radical (unpaired) electrons. The van der Waals surface area contributed by atoms with E-state index in [0.29, 0.717) is 13.2 Å². The molecule has 1 rings (SSSR count). The van der Waals surface area contributed by atoms with Crippen LogP contribution in [0.15, 0.2) is 0 Å². The molecule has 3 heteroatoms. The topological polar surface area (TPSA) is 38.5 Å². The van der Waals surface area contributed by atoms with Crippen LogP contribution in [0.3, 0.4) is 0 Å². The first-order chi connectivity index (χ1) is 5.33. The van der Waals surface area contributed by atoms with E-state index < -0.39 is 0 Å². The van der Waals surface area contributed by atoms with Crippen LogP contribution in [0.1, 0.15) is 6.42 Å². The van der Waals surface area contributed by atoms with Crippen molar-refractivity contribution < 1.29 is 4.74 Å². The first-order valence-corrected chi connectivity index (χ1v) is 4.29. The highest BCUT2D eigenvalue weighted by molar-refractivity contribution is 4.72. The normalized spacial score (nSPS) is 26.2. The second-order valence-electron chi connectivity index (χ2n) is 3.28. The zero-order valence-electron chi connectivity index (χ0n) is 7.25. The third-order valence-corrected chi connectivity index (χ3v) is 2.10. The van der Waals surface area contributed by atoms with E-state index in [-0.39, 0.29) is 0 Å². The summed E-state index contributed by atoms with van der Waals surface area (Å²) in [6, 6.07) is 0. The first kappa shape index (κ1) is 8.97. The lowest BCUT2D eigenvalue weighted by molar-refractivity contribution is 0.108. The fraction of sp³-hybridized carbons (Fsp3) is 1.00. The van der Waals surface area contributed by atoms with Gasteiger partial charge in [-0.05, 0) is 25.9 Å². The molecule has 0 spiro atoms. The molecule has 1 saturated heterocycles. The fourth-order valence-electron chi connectivity index (χ4n) is 1.50. The summed E-state index contributed by atoms with van der Waals surface area (Å²) in [7, 11) is 2.16.